The molecule has 0 unspecified atom stereocenters. The smallest absolute Gasteiger partial charge is 0.247 e. The van der Waals surface area contributed by atoms with Crippen molar-refractivity contribution in [2.75, 3.05) is 11.9 Å². The number of pyridine rings is 1. The van der Waals surface area contributed by atoms with Gasteiger partial charge < -0.3 is 10.6 Å². The van der Waals surface area contributed by atoms with Crippen LogP contribution in [0.2, 0.25) is 0 Å². The standard InChI is InChI=1S/C26H25N7O/c1-18(20-10-8-19(14-27)9-11-20)15-29-25(21-6-4-3-5-7-21)26(34)30-24-13-12-22(16-28-24)23-17-33(2)32-31-23/h3-13,16-18,25,29H,15H2,1-2H3,(H,28,30,34)/t18-,25+/m0/s1. The molecule has 0 saturated carbocycles. The van der Waals surface area contributed by atoms with Crippen LogP contribution < -0.4 is 10.6 Å². The average Bonchev–Trinajstić information content (AvgIpc) is 3.31. The highest BCUT2D eigenvalue weighted by Gasteiger charge is 2.22. The van der Waals surface area contributed by atoms with Gasteiger partial charge in [0.15, 0.2) is 0 Å². The second-order valence-corrected chi connectivity index (χ2v) is 8.09. The fourth-order valence-corrected chi connectivity index (χ4v) is 3.60. The Balaban J connectivity index is 1.46. The van der Waals surface area contributed by atoms with Crippen molar-refractivity contribution in [2.24, 2.45) is 7.05 Å². The molecule has 0 fully saturated rings. The third kappa shape index (κ3) is 5.52. The summed E-state index contributed by atoms with van der Waals surface area (Å²) in [5.41, 5.74) is 4.13. The number of carbonyl (C=O) groups is 1. The Bertz CT molecular complexity index is 1280. The Hall–Kier alpha value is -4.35. The fourth-order valence-electron chi connectivity index (χ4n) is 3.60. The van der Waals surface area contributed by atoms with E-state index < -0.39 is 6.04 Å². The fraction of sp³-hybridized carbons (Fsp3) is 0.192. The molecule has 2 aromatic carbocycles. The first kappa shape index (κ1) is 22.8. The molecule has 8 nitrogen and oxygen atoms in total. The second-order valence-electron chi connectivity index (χ2n) is 8.09. The third-order valence-corrected chi connectivity index (χ3v) is 5.55. The molecule has 0 bridgehead atoms. The minimum absolute atomic E-state index is 0.149. The molecule has 2 N–H and O–H groups in total. The van der Waals surface area contributed by atoms with Gasteiger partial charge in [-0.15, -0.1) is 5.10 Å². The Morgan fingerprint density at radius 2 is 1.82 bits per heavy atom. The first-order valence-corrected chi connectivity index (χ1v) is 11.0. The van der Waals surface area contributed by atoms with Crippen molar-refractivity contribution in [2.45, 2.75) is 18.9 Å². The maximum atomic E-state index is 13.2. The predicted molar refractivity (Wildman–Crippen MR) is 130 cm³/mol. The third-order valence-electron chi connectivity index (χ3n) is 5.55. The highest BCUT2D eigenvalue weighted by molar-refractivity contribution is 5.94. The molecular formula is C26H25N7O. The van der Waals surface area contributed by atoms with Crippen LogP contribution in [0.3, 0.4) is 0 Å². The summed E-state index contributed by atoms with van der Waals surface area (Å²) in [7, 11) is 1.80. The first-order chi connectivity index (χ1) is 16.5. The molecule has 0 radical (unpaired) electrons. The van der Waals surface area contributed by atoms with E-state index in [1.165, 1.54) is 0 Å². The largest absolute Gasteiger partial charge is 0.309 e. The van der Waals surface area contributed by atoms with E-state index in [1.54, 1.807) is 30.2 Å². The number of benzene rings is 2. The number of nitrogens with one attached hydrogen (secondary N) is 2. The van der Waals surface area contributed by atoms with Gasteiger partial charge in [-0.25, -0.2) is 4.98 Å². The topological polar surface area (TPSA) is 109 Å². The molecule has 0 aliphatic heterocycles. The van der Waals surface area contributed by atoms with E-state index in [4.69, 9.17) is 5.26 Å². The van der Waals surface area contributed by atoms with Gasteiger partial charge in [0.2, 0.25) is 5.91 Å². The molecule has 0 saturated heterocycles. The Morgan fingerprint density at radius 1 is 1.06 bits per heavy atom. The molecule has 2 atom stereocenters. The van der Waals surface area contributed by atoms with Gasteiger partial charge in [0.05, 0.1) is 17.8 Å². The number of nitriles is 1. The number of amides is 1. The van der Waals surface area contributed by atoms with Crippen LogP contribution in [0.4, 0.5) is 5.82 Å². The molecule has 170 valence electrons. The minimum atomic E-state index is -0.552. The summed E-state index contributed by atoms with van der Waals surface area (Å²) in [6.45, 7) is 2.67. The zero-order chi connectivity index (χ0) is 23.9. The van der Waals surface area contributed by atoms with Gasteiger partial charge >= 0.3 is 0 Å². The lowest BCUT2D eigenvalue weighted by Gasteiger charge is -2.21. The van der Waals surface area contributed by atoms with Crippen molar-refractivity contribution in [3.05, 3.63) is 95.8 Å². The number of rotatable bonds is 8. The van der Waals surface area contributed by atoms with Gasteiger partial charge in [0.25, 0.3) is 0 Å². The SMILES string of the molecule is C[C@@H](CN[C@@H](C(=O)Nc1ccc(-c2cn(C)nn2)cn1)c1ccccc1)c1ccc(C#N)cc1. The highest BCUT2D eigenvalue weighted by atomic mass is 16.2. The maximum Gasteiger partial charge on any atom is 0.247 e. The van der Waals surface area contributed by atoms with Crippen LogP contribution in [0.5, 0.6) is 0 Å². The molecule has 0 spiro atoms. The lowest BCUT2D eigenvalue weighted by Crippen LogP contribution is -2.35. The van der Waals surface area contributed by atoms with E-state index in [1.807, 2.05) is 60.7 Å². The predicted octanol–water partition coefficient (Wildman–Crippen LogP) is 3.82. The zero-order valence-electron chi connectivity index (χ0n) is 19.0. The van der Waals surface area contributed by atoms with Crippen LogP contribution in [0.25, 0.3) is 11.3 Å². The van der Waals surface area contributed by atoms with Crippen molar-refractivity contribution >= 4 is 11.7 Å². The van der Waals surface area contributed by atoms with Crippen molar-refractivity contribution in [3.63, 3.8) is 0 Å². The molecule has 2 aromatic heterocycles. The minimum Gasteiger partial charge on any atom is -0.309 e. The van der Waals surface area contributed by atoms with E-state index >= 15 is 0 Å². The summed E-state index contributed by atoms with van der Waals surface area (Å²) >= 11 is 0. The van der Waals surface area contributed by atoms with Crippen LogP contribution in [-0.2, 0) is 11.8 Å². The quantitative estimate of drug-likeness (QED) is 0.422. The lowest BCUT2D eigenvalue weighted by atomic mass is 9.98. The van der Waals surface area contributed by atoms with Crippen LogP contribution in [-0.4, -0.2) is 32.4 Å². The average molecular weight is 452 g/mol. The van der Waals surface area contributed by atoms with Gasteiger partial charge in [-0.2, -0.15) is 5.26 Å². The van der Waals surface area contributed by atoms with Crippen molar-refractivity contribution in [1.29, 1.82) is 5.26 Å². The van der Waals surface area contributed by atoms with Crippen LogP contribution in [0.1, 0.15) is 35.6 Å². The Labute approximate surface area is 198 Å². The lowest BCUT2D eigenvalue weighted by molar-refractivity contribution is -0.118. The van der Waals surface area contributed by atoms with Crippen LogP contribution in [0.15, 0.2) is 79.1 Å². The summed E-state index contributed by atoms with van der Waals surface area (Å²) in [6.07, 6.45) is 3.47. The van der Waals surface area contributed by atoms with E-state index in [9.17, 15) is 4.79 Å². The second kappa shape index (κ2) is 10.5. The summed E-state index contributed by atoms with van der Waals surface area (Å²) < 4.78 is 1.63. The summed E-state index contributed by atoms with van der Waals surface area (Å²) in [5.74, 6) is 0.412. The molecule has 0 aliphatic rings. The van der Waals surface area contributed by atoms with Gasteiger partial charge in [0.1, 0.15) is 17.6 Å². The van der Waals surface area contributed by atoms with Crippen molar-refractivity contribution in [3.8, 4) is 17.3 Å². The number of aromatic nitrogens is 4. The molecular weight excluding hydrogens is 426 g/mol. The van der Waals surface area contributed by atoms with E-state index in [-0.39, 0.29) is 11.8 Å². The Kier molecular flexibility index (Phi) is 7.06. The first-order valence-electron chi connectivity index (χ1n) is 11.0. The van der Waals surface area contributed by atoms with E-state index in [0.717, 1.165) is 16.7 Å². The highest BCUT2D eigenvalue weighted by Crippen LogP contribution is 2.21. The summed E-state index contributed by atoms with van der Waals surface area (Å²) in [6, 6.07) is 22.3. The van der Waals surface area contributed by atoms with Gasteiger partial charge in [0, 0.05) is 25.4 Å². The number of carbonyl (C=O) groups excluding carboxylic acids is 1. The normalized spacial score (nSPS) is 12.5. The van der Waals surface area contributed by atoms with Gasteiger partial charge in [-0.1, -0.05) is 54.6 Å². The van der Waals surface area contributed by atoms with Gasteiger partial charge in [-0.3, -0.25) is 9.48 Å². The molecule has 8 heteroatoms. The number of hydrogen-bond acceptors (Lipinski definition) is 6. The molecule has 2 heterocycles. The van der Waals surface area contributed by atoms with Crippen LogP contribution >= 0.6 is 0 Å². The number of aryl methyl sites for hydroxylation is 1. The maximum absolute atomic E-state index is 13.2. The molecule has 4 aromatic rings. The number of anilines is 1. The monoisotopic (exact) mass is 451 g/mol. The Morgan fingerprint density at radius 3 is 2.44 bits per heavy atom. The van der Waals surface area contributed by atoms with Crippen molar-refractivity contribution in [1.82, 2.24) is 25.3 Å². The molecule has 4 rings (SSSR count). The van der Waals surface area contributed by atoms with Gasteiger partial charge in [-0.05, 0) is 41.3 Å². The zero-order valence-corrected chi connectivity index (χ0v) is 19.0. The number of hydrogen-bond donors (Lipinski definition) is 2. The van der Waals surface area contributed by atoms with Crippen molar-refractivity contribution < 1.29 is 4.79 Å². The molecule has 34 heavy (non-hydrogen) atoms. The molecule has 0 aliphatic carbocycles. The number of nitrogens with zero attached hydrogens (tertiary/aromatic N) is 5. The molecule has 1 amide bonds. The van der Waals surface area contributed by atoms with E-state index in [0.29, 0.717) is 23.6 Å². The van der Waals surface area contributed by atoms with Crippen LogP contribution in [0, 0.1) is 11.3 Å². The van der Waals surface area contributed by atoms with E-state index in [2.05, 4.69) is 38.9 Å². The summed E-state index contributed by atoms with van der Waals surface area (Å²) in [5, 5.41) is 23.3. The summed E-state index contributed by atoms with van der Waals surface area (Å²) in [4.78, 5) is 17.6.